The molecule has 1 aromatic heterocycles. The number of benzene rings is 3. The van der Waals surface area contributed by atoms with Gasteiger partial charge in [0.25, 0.3) is 5.91 Å². The van der Waals surface area contributed by atoms with Crippen molar-refractivity contribution in [1.29, 1.82) is 5.26 Å². The Kier molecular flexibility index (Phi) is 16.8. The van der Waals surface area contributed by atoms with Gasteiger partial charge in [0.15, 0.2) is 0 Å². The van der Waals surface area contributed by atoms with Gasteiger partial charge in [0.2, 0.25) is 11.8 Å². The van der Waals surface area contributed by atoms with Crippen molar-refractivity contribution in [2.75, 3.05) is 75.4 Å². The molecule has 4 aliphatic rings. The average Bonchev–Trinajstić information content (AvgIpc) is 4.05. The van der Waals surface area contributed by atoms with Gasteiger partial charge in [-0.05, 0) is 93.1 Å². The summed E-state index contributed by atoms with van der Waals surface area (Å²) in [5.74, 6) is -1.20. The molecule has 5 amide bonds. The first-order valence-corrected chi connectivity index (χ1v) is 26.5. The minimum atomic E-state index is -4.87. The zero-order valence-corrected chi connectivity index (χ0v) is 44.9. The van der Waals surface area contributed by atoms with Crippen LogP contribution in [-0.4, -0.2) is 144 Å². The fourth-order valence-corrected chi connectivity index (χ4v) is 11.4. The van der Waals surface area contributed by atoms with E-state index in [2.05, 4.69) is 26.7 Å². The molecule has 0 radical (unpaired) electrons. The van der Waals surface area contributed by atoms with Crippen LogP contribution in [0.4, 0.5) is 29.3 Å². The zero-order chi connectivity index (χ0) is 54.9. The highest BCUT2D eigenvalue weighted by molar-refractivity contribution is 7.13. The average molecular weight is 1070 g/mol. The number of carbonyl (C=O) groups excluding carboxylic acids is 4. The van der Waals surface area contributed by atoms with Gasteiger partial charge < -0.3 is 29.5 Å². The van der Waals surface area contributed by atoms with E-state index >= 15 is 0 Å². The Morgan fingerprint density at radius 1 is 0.974 bits per heavy atom. The van der Waals surface area contributed by atoms with Crippen molar-refractivity contribution < 1.29 is 51.7 Å². The van der Waals surface area contributed by atoms with Gasteiger partial charge >= 0.3 is 12.2 Å². The lowest BCUT2D eigenvalue weighted by Crippen LogP contribution is -2.52. The molecule has 6 atom stereocenters. The lowest BCUT2D eigenvalue weighted by Gasteiger charge is -2.39. The Balaban J connectivity index is 0.810. The van der Waals surface area contributed by atoms with E-state index in [1.165, 1.54) is 24.8 Å². The fourth-order valence-electron chi connectivity index (χ4n) is 10.5. The monoisotopic (exact) mass is 1070 g/mol. The lowest BCUT2D eigenvalue weighted by molar-refractivity contribution is -0.144. The van der Waals surface area contributed by atoms with Crippen molar-refractivity contribution in [2.45, 2.75) is 103 Å². The molecule has 3 aromatic carbocycles. The molecule has 16 nitrogen and oxygen atoms in total. The number of aliphatic hydroxyl groups is 1. The molecule has 406 valence electrons. The molecule has 0 saturated carbocycles. The highest BCUT2D eigenvalue weighted by atomic mass is 32.1. The van der Waals surface area contributed by atoms with Gasteiger partial charge in [-0.1, -0.05) is 57.2 Å². The number of amides is 5. The number of aliphatic hydroxyl groups excluding tert-OH is 1. The third kappa shape index (κ3) is 12.5. The van der Waals surface area contributed by atoms with Crippen LogP contribution in [-0.2, 0) is 30.0 Å². The van der Waals surface area contributed by atoms with Crippen molar-refractivity contribution in [3.8, 4) is 22.3 Å². The number of nitrogens with one attached hydrogen (secondary N) is 1. The summed E-state index contributed by atoms with van der Waals surface area (Å²) in [5, 5.41) is 23.2. The second-order valence-corrected chi connectivity index (χ2v) is 22.7. The predicted octanol–water partition coefficient (Wildman–Crippen LogP) is 7.99. The number of aryl methyl sites for hydroxylation is 1. The van der Waals surface area contributed by atoms with Crippen molar-refractivity contribution in [3.63, 3.8) is 0 Å². The number of carbonyl (C=O) groups is 4. The van der Waals surface area contributed by atoms with E-state index in [0.29, 0.717) is 81.3 Å². The molecular weight excluding hydrogens is 1000 g/mol. The molecule has 4 aromatic rings. The van der Waals surface area contributed by atoms with Crippen LogP contribution in [0.2, 0.25) is 0 Å². The summed E-state index contributed by atoms with van der Waals surface area (Å²) in [7, 11) is 0. The standard InChI is InChI=1S/C56H67F3N8O8S/c1-34(23-47(54(4,5)6)51(70)65-28-42(68)25-48(65)50(69)62-35(2)37-9-11-38(12-10-37)49-36(3)61-33-76-49)27-63-19-21-73-44(29-63)30-64-20-22-74-45(31-64)32-75-43-17-15-40(16-18-43)67-53(72)66(52(71)55(67,7)8)41-14-13-39(26-60)46(24-41)56(57,58)59/h9-18,24,33,35,42,44-45,47-48,68H,1,19-23,25,27-32H2,2-8H3,(H,62,69)/t35-,42+,44?,45+,47+,48-/m0/s1. The zero-order valence-electron chi connectivity index (χ0n) is 44.1. The molecule has 76 heavy (non-hydrogen) atoms. The smallest absolute Gasteiger partial charge is 0.417 e. The van der Waals surface area contributed by atoms with Crippen LogP contribution in [0.15, 0.2) is 84.4 Å². The second kappa shape index (κ2) is 22.8. The molecule has 0 spiro atoms. The summed E-state index contributed by atoms with van der Waals surface area (Å²) in [6, 6.07) is 16.8. The number of urea groups is 1. The number of aromatic nitrogens is 1. The third-order valence-electron chi connectivity index (χ3n) is 14.7. The Bertz CT molecular complexity index is 2830. The van der Waals surface area contributed by atoms with E-state index in [-0.39, 0.29) is 55.3 Å². The molecule has 8 rings (SSSR count). The van der Waals surface area contributed by atoms with Crippen LogP contribution >= 0.6 is 11.3 Å². The van der Waals surface area contributed by atoms with Crippen LogP contribution in [0.3, 0.4) is 0 Å². The molecule has 4 fully saturated rings. The second-order valence-electron chi connectivity index (χ2n) is 21.8. The summed E-state index contributed by atoms with van der Waals surface area (Å²) >= 11 is 1.58. The minimum Gasteiger partial charge on any atom is -0.491 e. The Labute approximate surface area is 446 Å². The topological polar surface area (TPSA) is 181 Å². The summed E-state index contributed by atoms with van der Waals surface area (Å²) in [6.07, 6.45) is -5.47. The molecule has 5 heterocycles. The molecule has 4 aliphatic heterocycles. The van der Waals surface area contributed by atoms with Gasteiger partial charge in [-0.15, -0.1) is 11.3 Å². The SMILES string of the molecule is C=C(C[C@H](C(=O)N1C[C@H](O)C[C@H]1C(=O)N[C@@H](C)c1ccc(-c2scnc2C)cc1)C(C)(C)C)CN1CCOC(CN2CCO[C@@H](COc3ccc(N4C(=O)N(c5ccc(C#N)c(C(F)(F)F)c5)C(=O)C4(C)C)cc3)C2)C1. The number of imide groups is 1. The highest BCUT2D eigenvalue weighted by Crippen LogP contribution is 2.41. The molecule has 4 saturated heterocycles. The summed E-state index contributed by atoms with van der Waals surface area (Å²) in [6.45, 7) is 22.6. The molecule has 0 aliphatic carbocycles. The van der Waals surface area contributed by atoms with Crippen LogP contribution in [0, 0.1) is 29.6 Å². The van der Waals surface area contributed by atoms with Crippen molar-refractivity contribution in [1.82, 2.24) is 25.0 Å². The van der Waals surface area contributed by atoms with Gasteiger partial charge in [-0.3, -0.25) is 29.1 Å². The van der Waals surface area contributed by atoms with E-state index in [4.69, 9.17) is 14.2 Å². The largest absolute Gasteiger partial charge is 0.491 e. The number of β-amino-alcohol motifs (C(OH)–C–C–N with tert-alkyl or cyclic N) is 1. The van der Waals surface area contributed by atoms with E-state index in [1.807, 2.05) is 64.4 Å². The van der Waals surface area contributed by atoms with Gasteiger partial charge in [0.1, 0.15) is 30.0 Å². The number of likely N-dealkylation sites (tertiary alicyclic amines) is 1. The first-order valence-electron chi connectivity index (χ1n) is 25.6. The molecular formula is C56H67F3N8O8S. The van der Waals surface area contributed by atoms with Gasteiger partial charge in [0.05, 0.1) is 70.4 Å². The molecule has 1 unspecified atom stereocenters. The molecule has 20 heteroatoms. The number of hydrogen-bond acceptors (Lipinski definition) is 13. The summed E-state index contributed by atoms with van der Waals surface area (Å²) < 4.78 is 59.8. The maximum absolute atomic E-state index is 14.5. The number of thiazole rings is 1. The number of anilines is 2. The normalized spacial score (nSPS) is 22.4. The van der Waals surface area contributed by atoms with Crippen molar-refractivity contribution >= 4 is 46.5 Å². The maximum atomic E-state index is 14.5. The number of nitrogens with zero attached hydrogens (tertiary/aromatic N) is 7. The Hall–Kier alpha value is -6.21. The van der Waals surface area contributed by atoms with E-state index in [0.717, 1.165) is 39.4 Å². The number of rotatable bonds is 16. The Morgan fingerprint density at radius 3 is 2.28 bits per heavy atom. The first kappa shape index (κ1) is 56.0. The van der Waals surface area contributed by atoms with Crippen LogP contribution in [0.25, 0.3) is 10.4 Å². The van der Waals surface area contributed by atoms with Crippen LogP contribution in [0.1, 0.15) is 82.8 Å². The first-order chi connectivity index (χ1) is 35.9. The highest BCUT2D eigenvalue weighted by Gasteiger charge is 2.53. The summed E-state index contributed by atoms with van der Waals surface area (Å²) in [4.78, 5) is 69.2. The maximum Gasteiger partial charge on any atom is 0.417 e. The number of morpholine rings is 2. The van der Waals surface area contributed by atoms with E-state index in [1.54, 1.807) is 40.5 Å². The fraction of sp³-hybridized carbons (Fsp3) is 0.500. The van der Waals surface area contributed by atoms with Gasteiger partial charge in [-0.25, -0.2) is 14.7 Å². The number of ether oxygens (including phenoxy) is 3. The van der Waals surface area contributed by atoms with Crippen LogP contribution in [0.5, 0.6) is 5.75 Å². The third-order valence-corrected chi connectivity index (χ3v) is 15.7. The quantitative estimate of drug-likeness (QED) is 0.0817. The number of nitriles is 1. The van der Waals surface area contributed by atoms with Crippen molar-refractivity contribution in [3.05, 3.63) is 107 Å². The summed E-state index contributed by atoms with van der Waals surface area (Å²) in [5.41, 5.74) is 1.94. The van der Waals surface area contributed by atoms with Crippen LogP contribution < -0.4 is 19.9 Å². The minimum absolute atomic E-state index is 0.0806. The van der Waals surface area contributed by atoms with E-state index in [9.17, 15) is 42.7 Å². The lowest BCUT2D eigenvalue weighted by atomic mass is 9.76. The number of halogens is 3. The Morgan fingerprint density at radius 2 is 1.63 bits per heavy atom. The number of hydrogen-bond donors (Lipinski definition) is 2. The van der Waals surface area contributed by atoms with Crippen molar-refractivity contribution in [2.24, 2.45) is 11.3 Å². The predicted molar refractivity (Wildman–Crippen MR) is 282 cm³/mol. The molecule has 0 bridgehead atoms. The number of alkyl halides is 3. The molecule has 2 N–H and O–H groups in total. The van der Waals surface area contributed by atoms with Gasteiger partial charge in [0, 0.05) is 63.8 Å². The van der Waals surface area contributed by atoms with E-state index < -0.39 is 58.3 Å². The van der Waals surface area contributed by atoms with Gasteiger partial charge in [-0.2, -0.15) is 18.4 Å².